The molecule has 0 radical (unpaired) electrons. The van der Waals surface area contributed by atoms with E-state index in [1.165, 1.54) is 33.2 Å². The highest BCUT2D eigenvalue weighted by Gasteiger charge is 2.16. The second-order valence-electron chi connectivity index (χ2n) is 7.12. The van der Waals surface area contributed by atoms with Crippen LogP contribution in [0.4, 0.5) is 0 Å². The Kier molecular flexibility index (Phi) is 4.68. The van der Waals surface area contributed by atoms with E-state index in [0.717, 1.165) is 23.3 Å². The molecule has 1 heteroatoms. The Morgan fingerprint density at radius 2 is 1.96 bits per heavy atom. The molecule has 0 atom stereocenters. The number of fused-ring (bicyclic) bond motifs is 3. The number of aryl methyl sites for hydroxylation is 1. The number of allylic oxidation sites excluding steroid dienone is 5. The van der Waals surface area contributed by atoms with Gasteiger partial charge < -0.3 is 4.42 Å². The molecule has 2 aromatic carbocycles. The van der Waals surface area contributed by atoms with Crippen LogP contribution in [0.1, 0.15) is 48.3 Å². The molecule has 0 spiro atoms. The molecule has 0 N–H and O–H groups in total. The fourth-order valence-corrected chi connectivity index (χ4v) is 3.47. The average molecular weight is 352 g/mol. The summed E-state index contributed by atoms with van der Waals surface area (Å²) in [5, 5.41) is 1.17. The summed E-state index contributed by atoms with van der Waals surface area (Å²) in [4.78, 5) is 0. The molecule has 1 aliphatic carbocycles. The van der Waals surface area contributed by atoms with Gasteiger partial charge in [-0.05, 0) is 50.5 Å². The summed E-state index contributed by atoms with van der Waals surface area (Å²) in [6.45, 7) is 6.30. The SMILES string of the molecule is C/C=C(C)\C=C\c1cccc2c3c(oc12)C=CCC(c1cccc(C)c1)=C3. The van der Waals surface area contributed by atoms with Gasteiger partial charge in [-0.3, -0.25) is 0 Å². The molecule has 0 saturated carbocycles. The molecule has 0 fully saturated rings. The van der Waals surface area contributed by atoms with Crippen LogP contribution in [0.5, 0.6) is 0 Å². The summed E-state index contributed by atoms with van der Waals surface area (Å²) in [6, 6.07) is 15.1. The molecular formula is C26H24O. The van der Waals surface area contributed by atoms with E-state index in [4.69, 9.17) is 4.42 Å². The smallest absolute Gasteiger partial charge is 0.142 e. The van der Waals surface area contributed by atoms with Crippen LogP contribution >= 0.6 is 0 Å². The molecule has 1 heterocycles. The summed E-state index contributed by atoms with van der Waals surface area (Å²) in [5.41, 5.74) is 8.36. The van der Waals surface area contributed by atoms with Gasteiger partial charge in [-0.25, -0.2) is 0 Å². The van der Waals surface area contributed by atoms with Crippen LogP contribution in [0.25, 0.3) is 34.8 Å². The summed E-state index contributed by atoms with van der Waals surface area (Å²) >= 11 is 0. The van der Waals surface area contributed by atoms with Crippen molar-refractivity contribution in [3.8, 4) is 0 Å². The number of para-hydroxylation sites is 1. The minimum absolute atomic E-state index is 0.912. The van der Waals surface area contributed by atoms with E-state index in [-0.39, 0.29) is 0 Å². The number of hydrogen-bond acceptors (Lipinski definition) is 1. The van der Waals surface area contributed by atoms with Gasteiger partial charge in [-0.1, -0.05) is 77.9 Å². The van der Waals surface area contributed by atoms with Crippen LogP contribution < -0.4 is 0 Å². The molecule has 134 valence electrons. The number of benzene rings is 2. The van der Waals surface area contributed by atoms with Crippen LogP contribution in [-0.2, 0) is 0 Å². The molecule has 0 bridgehead atoms. The standard InChI is InChI=1S/C26H24O/c1-4-18(2)14-15-20-9-6-12-23-24-17-22(21-10-5-8-19(3)16-21)11-7-13-25(24)27-26(20)23/h4-10,12-17H,11H2,1-3H3/b15-14+,18-4-. The summed E-state index contributed by atoms with van der Waals surface area (Å²) in [6.07, 6.45) is 13.9. The van der Waals surface area contributed by atoms with Crippen molar-refractivity contribution in [2.75, 3.05) is 0 Å². The van der Waals surface area contributed by atoms with E-state index in [2.05, 4.69) is 99.7 Å². The Bertz CT molecular complexity index is 1120. The zero-order chi connectivity index (χ0) is 18.8. The quantitative estimate of drug-likeness (QED) is 0.441. The van der Waals surface area contributed by atoms with Gasteiger partial charge in [0, 0.05) is 16.5 Å². The van der Waals surface area contributed by atoms with Crippen LogP contribution in [0.15, 0.2) is 70.7 Å². The van der Waals surface area contributed by atoms with Crippen molar-refractivity contribution < 1.29 is 4.42 Å². The van der Waals surface area contributed by atoms with E-state index in [9.17, 15) is 0 Å². The van der Waals surface area contributed by atoms with E-state index in [0.29, 0.717) is 0 Å². The second kappa shape index (κ2) is 7.28. The lowest BCUT2D eigenvalue weighted by Gasteiger charge is -2.06. The zero-order valence-electron chi connectivity index (χ0n) is 16.1. The van der Waals surface area contributed by atoms with Crippen molar-refractivity contribution in [1.82, 2.24) is 0 Å². The number of rotatable bonds is 3. The number of hydrogen-bond donors (Lipinski definition) is 0. The van der Waals surface area contributed by atoms with E-state index >= 15 is 0 Å². The first kappa shape index (κ1) is 17.4. The van der Waals surface area contributed by atoms with Crippen molar-refractivity contribution in [1.29, 1.82) is 0 Å². The van der Waals surface area contributed by atoms with Gasteiger partial charge >= 0.3 is 0 Å². The Morgan fingerprint density at radius 3 is 2.78 bits per heavy atom. The molecule has 1 aromatic heterocycles. The first-order valence-corrected chi connectivity index (χ1v) is 9.46. The van der Waals surface area contributed by atoms with Crippen LogP contribution in [0, 0.1) is 6.92 Å². The fourth-order valence-electron chi connectivity index (χ4n) is 3.47. The Balaban J connectivity index is 1.86. The van der Waals surface area contributed by atoms with Crippen LogP contribution in [0.3, 0.4) is 0 Å². The molecule has 0 unspecified atom stereocenters. The molecular weight excluding hydrogens is 328 g/mol. The molecule has 0 amide bonds. The second-order valence-corrected chi connectivity index (χ2v) is 7.12. The number of furan rings is 1. The van der Waals surface area contributed by atoms with Crippen molar-refractivity contribution in [3.05, 3.63) is 94.3 Å². The van der Waals surface area contributed by atoms with Gasteiger partial charge in [0.05, 0.1) is 0 Å². The first-order chi connectivity index (χ1) is 13.2. The van der Waals surface area contributed by atoms with Gasteiger partial charge in [0.25, 0.3) is 0 Å². The molecule has 3 aromatic rings. The third-order valence-electron chi connectivity index (χ3n) is 5.11. The zero-order valence-corrected chi connectivity index (χ0v) is 16.1. The molecule has 0 saturated heterocycles. The highest BCUT2D eigenvalue weighted by Crippen LogP contribution is 2.36. The first-order valence-electron chi connectivity index (χ1n) is 9.46. The fraction of sp³-hybridized carbons (Fsp3) is 0.154. The largest absolute Gasteiger partial charge is 0.455 e. The Hall–Kier alpha value is -3.06. The van der Waals surface area contributed by atoms with Gasteiger partial charge in [0.1, 0.15) is 11.3 Å². The predicted octanol–water partition coefficient (Wildman–Crippen LogP) is 7.68. The minimum Gasteiger partial charge on any atom is -0.455 e. The van der Waals surface area contributed by atoms with Crippen LogP contribution in [-0.4, -0.2) is 0 Å². The predicted molar refractivity (Wildman–Crippen MR) is 117 cm³/mol. The molecule has 1 aliphatic rings. The summed E-state index contributed by atoms with van der Waals surface area (Å²) in [5.74, 6) is 0.941. The van der Waals surface area contributed by atoms with Gasteiger partial charge in [0.2, 0.25) is 0 Å². The maximum Gasteiger partial charge on any atom is 0.142 e. The van der Waals surface area contributed by atoms with Gasteiger partial charge in [-0.2, -0.15) is 0 Å². The Labute approximate surface area is 161 Å². The lowest BCUT2D eigenvalue weighted by Crippen LogP contribution is -1.84. The van der Waals surface area contributed by atoms with Gasteiger partial charge in [-0.15, -0.1) is 0 Å². The molecule has 0 aliphatic heterocycles. The third kappa shape index (κ3) is 3.46. The van der Waals surface area contributed by atoms with Crippen molar-refractivity contribution in [2.24, 2.45) is 0 Å². The van der Waals surface area contributed by atoms with Gasteiger partial charge in [0.15, 0.2) is 0 Å². The maximum absolute atomic E-state index is 6.27. The molecule has 1 nitrogen and oxygen atoms in total. The monoisotopic (exact) mass is 352 g/mol. The lowest BCUT2D eigenvalue weighted by atomic mass is 9.98. The summed E-state index contributed by atoms with van der Waals surface area (Å²) < 4.78 is 6.27. The van der Waals surface area contributed by atoms with Crippen molar-refractivity contribution in [3.63, 3.8) is 0 Å². The van der Waals surface area contributed by atoms with E-state index < -0.39 is 0 Å². The maximum atomic E-state index is 6.27. The third-order valence-corrected chi connectivity index (χ3v) is 5.11. The van der Waals surface area contributed by atoms with E-state index in [1.54, 1.807) is 0 Å². The van der Waals surface area contributed by atoms with E-state index in [1.807, 2.05) is 0 Å². The van der Waals surface area contributed by atoms with Crippen LogP contribution in [0.2, 0.25) is 0 Å². The average Bonchev–Trinajstić information content (AvgIpc) is 2.89. The van der Waals surface area contributed by atoms with Crippen molar-refractivity contribution in [2.45, 2.75) is 27.2 Å². The normalized spacial score (nSPS) is 14.5. The summed E-state index contributed by atoms with van der Waals surface area (Å²) in [7, 11) is 0. The lowest BCUT2D eigenvalue weighted by molar-refractivity contribution is 0.602. The Morgan fingerprint density at radius 1 is 1.11 bits per heavy atom. The molecule has 4 rings (SSSR count). The highest BCUT2D eigenvalue weighted by molar-refractivity contribution is 6.00. The minimum atomic E-state index is 0.912. The molecule has 27 heavy (non-hydrogen) atoms. The topological polar surface area (TPSA) is 13.1 Å². The highest BCUT2D eigenvalue weighted by atomic mass is 16.3. The van der Waals surface area contributed by atoms with Crippen molar-refractivity contribution >= 4 is 34.8 Å².